The molecule has 1 fully saturated rings. The Morgan fingerprint density at radius 3 is 2.21 bits per heavy atom. The molecule has 2 bridgehead atoms. The van der Waals surface area contributed by atoms with Gasteiger partial charge in [0.2, 0.25) is 0 Å². The molecule has 0 aromatic carbocycles. The lowest BCUT2D eigenvalue weighted by atomic mass is 9.92. The first-order valence-electron chi connectivity index (χ1n) is 25.1. The molecule has 1 aromatic heterocycles. The summed E-state index contributed by atoms with van der Waals surface area (Å²) in [4.78, 5) is 64.1. The van der Waals surface area contributed by atoms with Crippen molar-refractivity contribution in [2.24, 2.45) is 11.8 Å². The third kappa shape index (κ3) is 25.2. The molecule has 0 saturated carbocycles. The summed E-state index contributed by atoms with van der Waals surface area (Å²) in [6.07, 6.45) is 4.34. The first-order chi connectivity index (χ1) is 33.7. The zero-order chi connectivity index (χ0) is 52.4. The SMILES string of the molecule is CCCCC[C@H](O)/C=C/[C@H]1OC(O)C[C@H](O)[C@@H]2CC=CCCCC(=O)O[C@H](COC(=O)CCCCCCCCCCCC(C)C)COP(=O)(O)OP(=O)(O)OC[C@@H](O[C@H]2n2ccc(N)nc2=O)[C@@H](O)[C@H]1O. The van der Waals surface area contributed by atoms with Crippen LogP contribution in [0, 0.1) is 11.8 Å². The number of ether oxygens (including phenoxy) is 4. The van der Waals surface area contributed by atoms with E-state index >= 15 is 0 Å². The van der Waals surface area contributed by atoms with Crippen LogP contribution in [-0.2, 0) is 51.0 Å². The predicted molar refractivity (Wildman–Crippen MR) is 260 cm³/mol. The number of carbonyl (C=O) groups excluding carboxylic acids is 2. The van der Waals surface area contributed by atoms with Crippen LogP contribution >= 0.6 is 15.6 Å². The predicted octanol–water partition coefficient (Wildman–Crippen LogP) is 5.80. The summed E-state index contributed by atoms with van der Waals surface area (Å²) in [5.74, 6) is -2.12. The van der Waals surface area contributed by atoms with Crippen molar-refractivity contribution < 1.29 is 86.3 Å². The fourth-order valence-corrected chi connectivity index (χ4v) is 10.1. The van der Waals surface area contributed by atoms with E-state index in [1.807, 2.05) is 6.92 Å². The molecule has 1 saturated heterocycles. The number of aliphatic hydroxyl groups is 5. The molecule has 0 spiro atoms. The lowest BCUT2D eigenvalue weighted by Gasteiger charge is -2.36. The zero-order valence-corrected chi connectivity index (χ0v) is 43.3. The first kappa shape index (κ1) is 62.4. The van der Waals surface area contributed by atoms with Gasteiger partial charge in [-0.15, -0.1) is 0 Å². The number of carbonyl (C=O) groups is 2. The van der Waals surface area contributed by atoms with Gasteiger partial charge in [0, 0.05) is 31.4 Å². The number of fused-ring (bicyclic) bond motifs is 3. The van der Waals surface area contributed by atoms with Gasteiger partial charge in [-0.25, -0.2) is 13.9 Å². The van der Waals surface area contributed by atoms with Crippen LogP contribution < -0.4 is 11.4 Å². The molecular weight excluding hydrogens is 972 g/mol. The monoisotopic (exact) mass is 1050 g/mol. The van der Waals surface area contributed by atoms with E-state index < -0.39 is 121 Å². The Labute approximate surface area is 417 Å². The number of aliphatic hydroxyl groups excluding tert-OH is 5. The van der Waals surface area contributed by atoms with Crippen molar-refractivity contribution in [2.75, 3.05) is 25.6 Å². The molecule has 12 atom stereocenters. The molecule has 24 heteroatoms. The van der Waals surface area contributed by atoms with Crippen LogP contribution in [0.25, 0.3) is 0 Å². The van der Waals surface area contributed by atoms with E-state index in [0.717, 1.165) is 55.2 Å². The number of allylic oxidation sites excluding steroid dienone is 2. The van der Waals surface area contributed by atoms with Crippen molar-refractivity contribution in [2.45, 2.75) is 204 Å². The Bertz CT molecular complexity index is 1920. The van der Waals surface area contributed by atoms with Crippen LogP contribution in [0.4, 0.5) is 5.82 Å². The van der Waals surface area contributed by atoms with E-state index in [9.17, 15) is 58.8 Å². The molecule has 3 heterocycles. The fraction of sp³-hybridized carbons (Fsp3) is 0.787. The van der Waals surface area contributed by atoms with E-state index in [0.29, 0.717) is 19.3 Å². The minimum Gasteiger partial charge on any atom is -0.462 e. The highest BCUT2D eigenvalue weighted by molar-refractivity contribution is 7.61. The minimum absolute atomic E-state index is 0.0750. The molecule has 3 rings (SSSR count). The number of nitrogens with zero attached hydrogens (tertiary/aromatic N) is 2. The van der Waals surface area contributed by atoms with Gasteiger partial charge in [-0.05, 0) is 44.1 Å². The van der Waals surface area contributed by atoms with Crippen LogP contribution in [0.1, 0.15) is 155 Å². The Hall–Kier alpha value is -2.92. The van der Waals surface area contributed by atoms with Crippen LogP contribution in [-0.4, -0.2) is 126 Å². The van der Waals surface area contributed by atoms with Crippen LogP contribution in [0.3, 0.4) is 0 Å². The number of nitrogen functional groups attached to an aromatic ring is 1. The number of unbranched alkanes of at least 4 members (excludes halogenated alkanes) is 10. The number of cyclic esters (lactones) is 1. The number of hydrogen-bond acceptors (Lipinski definition) is 19. The lowest BCUT2D eigenvalue weighted by Crippen LogP contribution is -2.49. The smallest absolute Gasteiger partial charge is 0.462 e. The number of hydrogen-bond donors (Lipinski definition) is 8. The summed E-state index contributed by atoms with van der Waals surface area (Å²) in [6.45, 7) is 3.68. The van der Waals surface area contributed by atoms with Crippen LogP contribution in [0.15, 0.2) is 41.4 Å². The maximum absolute atomic E-state index is 13.4. The van der Waals surface area contributed by atoms with Crippen molar-refractivity contribution in [3.63, 3.8) is 0 Å². The van der Waals surface area contributed by atoms with Crippen molar-refractivity contribution in [1.82, 2.24) is 9.55 Å². The first-order valence-corrected chi connectivity index (χ1v) is 28.1. The van der Waals surface area contributed by atoms with Gasteiger partial charge < -0.3 is 60.0 Å². The largest absolute Gasteiger partial charge is 0.481 e. The van der Waals surface area contributed by atoms with Crippen molar-refractivity contribution in [3.8, 4) is 0 Å². The quantitative estimate of drug-likeness (QED) is 0.0312. The Morgan fingerprint density at radius 2 is 1.55 bits per heavy atom. The van der Waals surface area contributed by atoms with Crippen molar-refractivity contribution in [1.29, 1.82) is 0 Å². The molecule has 0 radical (unpaired) electrons. The highest BCUT2D eigenvalue weighted by Gasteiger charge is 2.44. The average molecular weight is 1050 g/mol. The third-order valence-corrected chi connectivity index (χ3v) is 14.6. The maximum atomic E-state index is 13.4. The highest BCUT2D eigenvalue weighted by atomic mass is 31.3. The molecule has 3 unspecified atom stereocenters. The number of nitrogens with two attached hydrogens (primary N) is 1. The van der Waals surface area contributed by atoms with Crippen molar-refractivity contribution >= 4 is 33.4 Å². The highest BCUT2D eigenvalue weighted by Crippen LogP contribution is 2.60. The number of esters is 2. The van der Waals surface area contributed by atoms with Gasteiger partial charge in [0.15, 0.2) is 12.4 Å². The summed E-state index contributed by atoms with van der Waals surface area (Å²) in [6, 6.07) is 1.23. The third-order valence-electron chi connectivity index (χ3n) is 12.0. The van der Waals surface area contributed by atoms with Crippen LogP contribution in [0.2, 0.25) is 0 Å². The molecule has 9 N–H and O–H groups in total. The second-order valence-corrected chi connectivity index (χ2v) is 21.7. The summed E-state index contributed by atoms with van der Waals surface area (Å²) < 4.78 is 64.6. The molecule has 2 aliphatic rings. The number of phosphoric ester groups is 2. The molecule has 22 nitrogen and oxygen atoms in total. The second kappa shape index (κ2) is 33.1. The van der Waals surface area contributed by atoms with Gasteiger partial charge in [-0.2, -0.15) is 9.29 Å². The second-order valence-electron chi connectivity index (χ2n) is 18.7. The standard InChI is InChI=1S/C47H81N3O19P2/c1-4-5-15-21-34(51)25-26-38-44(56)45(57)39-32-65-71(61,62)69-70(59,60)64-31-35(30-63-41(53)23-18-12-10-8-6-7-9-11-16-20-33(2)3)66-42(54)24-19-14-13-17-22-36(37(52)29-43(55)67-38)46(68-39)50-28-27-40(48)49-47(50)58/h13,17,25-28,33-39,43-46,51-52,55-57H,4-12,14-16,18-24,29-32H2,1-3H3,(H,59,60)(H,61,62)(H2,48,49,58)/b17-13?,26-25+/t34-,35+,36-,37-,38+,39+,43?,44-,45+,46+/m0/s1. The van der Waals surface area contributed by atoms with E-state index in [2.05, 4.69) is 23.1 Å². The van der Waals surface area contributed by atoms with Gasteiger partial charge >= 0.3 is 33.3 Å². The van der Waals surface area contributed by atoms with E-state index in [1.54, 1.807) is 12.2 Å². The molecule has 0 amide bonds. The fourth-order valence-electron chi connectivity index (χ4n) is 8.00. The number of aromatic nitrogens is 2. The number of rotatable bonds is 21. The maximum Gasteiger partial charge on any atom is 0.481 e. The normalized spacial score (nSPS) is 30.7. The Morgan fingerprint density at radius 1 is 0.901 bits per heavy atom. The summed E-state index contributed by atoms with van der Waals surface area (Å²) >= 11 is 0. The summed E-state index contributed by atoms with van der Waals surface area (Å²) in [7, 11) is -11.3. The van der Waals surface area contributed by atoms with Gasteiger partial charge in [0.25, 0.3) is 0 Å². The van der Waals surface area contributed by atoms with Gasteiger partial charge in [-0.3, -0.25) is 23.2 Å². The van der Waals surface area contributed by atoms with E-state index in [1.165, 1.54) is 50.3 Å². The molecule has 2 aliphatic heterocycles. The van der Waals surface area contributed by atoms with Crippen LogP contribution in [0.5, 0.6) is 0 Å². The zero-order valence-electron chi connectivity index (χ0n) is 41.5. The minimum atomic E-state index is -5.73. The molecular formula is C47H81N3O19P2. The average Bonchev–Trinajstić information content (AvgIpc) is 3.30. The molecule has 408 valence electrons. The van der Waals surface area contributed by atoms with Gasteiger partial charge in [0.1, 0.15) is 43.1 Å². The summed E-state index contributed by atoms with van der Waals surface area (Å²) in [5.41, 5.74) is 4.75. The van der Waals surface area contributed by atoms with E-state index in [4.69, 9.17) is 33.7 Å². The number of phosphoric acid groups is 2. The molecule has 71 heavy (non-hydrogen) atoms. The molecule has 1 aromatic rings. The topological polar surface area (TPSA) is 335 Å². The Balaban J connectivity index is 1.86. The summed E-state index contributed by atoms with van der Waals surface area (Å²) in [5, 5.41) is 56.8. The Kier molecular flexibility index (Phi) is 29.1. The molecule has 0 aliphatic carbocycles. The van der Waals surface area contributed by atoms with Gasteiger partial charge in [0.05, 0.1) is 25.4 Å². The number of anilines is 1. The van der Waals surface area contributed by atoms with Crippen molar-refractivity contribution in [3.05, 3.63) is 47.1 Å². The lowest BCUT2D eigenvalue weighted by molar-refractivity contribution is -0.192. The van der Waals surface area contributed by atoms with Gasteiger partial charge in [-0.1, -0.05) is 122 Å². The van der Waals surface area contributed by atoms with E-state index in [-0.39, 0.29) is 37.9 Å².